The minimum atomic E-state index is -0.211. The maximum atomic E-state index is 13.9. The highest BCUT2D eigenvalue weighted by Crippen LogP contribution is 2.32. The Bertz CT molecular complexity index is 554. The lowest BCUT2D eigenvalue weighted by Gasteiger charge is -2.18. The van der Waals surface area contributed by atoms with Crippen LogP contribution in [0, 0.1) is 12.7 Å². The molecule has 0 aliphatic carbocycles. The molecule has 0 amide bonds. The number of benzene rings is 2. The van der Waals surface area contributed by atoms with Crippen molar-refractivity contribution >= 4 is 18.3 Å². The molecule has 0 aliphatic rings. The third-order valence-corrected chi connectivity index (χ3v) is 3.45. The van der Waals surface area contributed by atoms with Crippen LogP contribution in [-0.4, -0.2) is 5.75 Å². The third kappa shape index (κ3) is 2.51. The van der Waals surface area contributed by atoms with Crippen molar-refractivity contribution in [1.82, 2.24) is 0 Å². The fraction of sp³-hybridized carbons (Fsp3) is 0.200. The number of rotatable bonds is 3. The summed E-state index contributed by atoms with van der Waals surface area (Å²) in [7, 11) is 0. The highest BCUT2D eigenvalue weighted by molar-refractivity contribution is 7.80. The van der Waals surface area contributed by atoms with Crippen molar-refractivity contribution in [3.05, 3.63) is 65.0 Å². The Morgan fingerprint density at radius 3 is 2.56 bits per heavy atom. The normalized spacial score (nSPS) is 12.4. The van der Waals surface area contributed by atoms with Gasteiger partial charge in [-0.3, -0.25) is 0 Å². The smallest absolute Gasteiger partial charge is 0.127 e. The van der Waals surface area contributed by atoms with Crippen LogP contribution in [0.2, 0.25) is 0 Å². The van der Waals surface area contributed by atoms with Crippen LogP contribution in [0.5, 0.6) is 0 Å². The molecule has 18 heavy (non-hydrogen) atoms. The summed E-state index contributed by atoms with van der Waals surface area (Å²) < 4.78 is 13.9. The van der Waals surface area contributed by atoms with Crippen molar-refractivity contribution in [3.8, 4) is 0 Å². The number of hydrogen-bond donors (Lipinski definition) is 2. The Hall–Kier alpha value is -1.48. The minimum absolute atomic E-state index is 0.116. The van der Waals surface area contributed by atoms with Crippen LogP contribution in [0.1, 0.15) is 22.6 Å². The summed E-state index contributed by atoms with van der Waals surface area (Å²) in [4.78, 5) is 0. The number of nitrogens with two attached hydrogens (primary N) is 1. The van der Waals surface area contributed by atoms with Crippen molar-refractivity contribution in [3.63, 3.8) is 0 Å². The zero-order chi connectivity index (χ0) is 13.1. The van der Waals surface area contributed by atoms with E-state index in [1.807, 2.05) is 31.2 Å². The molecule has 0 heterocycles. The molecule has 0 saturated heterocycles. The number of halogens is 1. The maximum absolute atomic E-state index is 13.9. The van der Waals surface area contributed by atoms with Crippen LogP contribution in [0.25, 0.3) is 0 Å². The first kappa shape index (κ1) is 13.0. The van der Waals surface area contributed by atoms with Crippen LogP contribution in [0.4, 0.5) is 10.1 Å². The van der Waals surface area contributed by atoms with Gasteiger partial charge in [0.1, 0.15) is 5.82 Å². The van der Waals surface area contributed by atoms with Crippen LogP contribution < -0.4 is 5.73 Å². The van der Waals surface area contributed by atoms with E-state index in [0.717, 1.165) is 11.1 Å². The van der Waals surface area contributed by atoms with Gasteiger partial charge in [0.2, 0.25) is 0 Å². The predicted molar refractivity (Wildman–Crippen MR) is 77.7 cm³/mol. The van der Waals surface area contributed by atoms with Crippen LogP contribution in [0.15, 0.2) is 42.5 Å². The first-order valence-corrected chi connectivity index (χ1v) is 6.48. The molecule has 2 aromatic rings. The van der Waals surface area contributed by atoms with Gasteiger partial charge in [0.15, 0.2) is 0 Å². The van der Waals surface area contributed by atoms with Gasteiger partial charge in [-0.15, -0.1) is 0 Å². The fourth-order valence-corrected chi connectivity index (χ4v) is 2.51. The zero-order valence-electron chi connectivity index (χ0n) is 10.2. The Kier molecular flexibility index (Phi) is 3.92. The van der Waals surface area contributed by atoms with E-state index in [1.54, 1.807) is 12.1 Å². The van der Waals surface area contributed by atoms with Gasteiger partial charge in [-0.05, 0) is 30.2 Å². The number of aryl methyl sites for hydroxylation is 1. The molecule has 0 saturated carbocycles. The van der Waals surface area contributed by atoms with Crippen molar-refractivity contribution in [2.75, 3.05) is 11.5 Å². The lowest BCUT2D eigenvalue weighted by Crippen LogP contribution is -2.08. The molecule has 3 heteroatoms. The minimum Gasteiger partial charge on any atom is -0.398 e. The molecule has 1 atom stereocenters. The summed E-state index contributed by atoms with van der Waals surface area (Å²) >= 11 is 4.34. The van der Waals surface area contributed by atoms with Gasteiger partial charge in [-0.25, -0.2) is 4.39 Å². The number of hydrogen-bond acceptors (Lipinski definition) is 2. The zero-order valence-corrected chi connectivity index (χ0v) is 11.1. The van der Waals surface area contributed by atoms with E-state index in [0.29, 0.717) is 17.0 Å². The molecule has 2 aromatic carbocycles. The lowest BCUT2D eigenvalue weighted by molar-refractivity contribution is 0.604. The molecule has 94 valence electrons. The van der Waals surface area contributed by atoms with Gasteiger partial charge in [0.05, 0.1) is 0 Å². The average molecular weight is 261 g/mol. The summed E-state index contributed by atoms with van der Waals surface area (Å²) in [6.07, 6.45) is 0. The van der Waals surface area contributed by atoms with Crippen molar-refractivity contribution in [2.24, 2.45) is 0 Å². The molecule has 0 bridgehead atoms. The molecule has 2 N–H and O–H groups in total. The monoisotopic (exact) mass is 261 g/mol. The summed E-state index contributed by atoms with van der Waals surface area (Å²) in [6, 6.07) is 12.6. The van der Waals surface area contributed by atoms with Crippen LogP contribution in [0.3, 0.4) is 0 Å². The third-order valence-electron chi connectivity index (χ3n) is 3.08. The topological polar surface area (TPSA) is 26.0 Å². The largest absolute Gasteiger partial charge is 0.398 e. The number of nitrogen functional groups attached to an aromatic ring is 1. The van der Waals surface area contributed by atoms with Crippen LogP contribution in [-0.2, 0) is 0 Å². The first-order chi connectivity index (χ1) is 8.63. The molecule has 1 nitrogen and oxygen atoms in total. The Balaban J connectivity index is 2.52. The Labute approximate surface area is 112 Å². The van der Waals surface area contributed by atoms with E-state index in [4.69, 9.17) is 5.73 Å². The molecule has 0 aliphatic heterocycles. The highest BCUT2D eigenvalue weighted by atomic mass is 32.1. The van der Waals surface area contributed by atoms with Gasteiger partial charge in [0.25, 0.3) is 0 Å². The SMILES string of the molecule is Cc1ccc(N)c(C(CS)c2ccccc2F)c1. The lowest BCUT2D eigenvalue weighted by atomic mass is 9.90. The average Bonchev–Trinajstić information content (AvgIpc) is 2.36. The van der Waals surface area contributed by atoms with E-state index < -0.39 is 0 Å². The first-order valence-electron chi connectivity index (χ1n) is 5.84. The molecule has 0 radical (unpaired) electrons. The molecular weight excluding hydrogens is 245 g/mol. The molecule has 0 fully saturated rings. The highest BCUT2D eigenvalue weighted by Gasteiger charge is 2.18. The molecule has 1 unspecified atom stereocenters. The second-order valence-corrected chi connectivity index (χ2v) is 4.75. The van der Waals surface area contributed by atoms with E-state index in [1.165, 1.54) is 6.07 Å². The van der Waals surface area contributed by atoms with E-state index in [2.05, 4.69) is 12.6 Å². The van der Waals surface area contributed by atoms with E-state index in [-0.39, 0.29) is 11.7 Å². The summed E-state index contributed by atoms with van der Waals surface area (Å²) in [5.74, 6) is 0.195. The maximum Gasteiger partial charge on any atom is 0.127 e. The van der Waals surface area contributed by atoms with Crippen molar-refractivity contribution in [1.29, 1.82) is 0 Å². The summed E-state index contributed by atoms with van der Waals surface area (Å²) in [6.45, 7) is 2.00. The second kappa shape index (κ2) is 5.44. The molecule has 2 rings (SSSR count). The van der Waals surface area contributed by atoms with E-state index in [9.17, 15) is 4.39 Å². The number of thiol groups is 1. The molecule has 0 aromatic heterocycles. The van der Waals surface area contributed by atoms with Gasteiger partial charge in [-0.1, -0.05) is 35.9 Å². The second-order valence-electron chi connectivity index (χ2n) is 4.39. The van der Waals surface area contributed by atoms with Gasteiger partial charge in [0, 0.05) is 17.4 Å². The van der Waals surface area contributed by atoms with Gasteiger partial charge < -0.3 is 5.73 Å². The Morgan fingerprint density at radius 2 is 1.89 bits per heavy atom. The quantitative estimate of drug-likeness (QED) is 0.638. The van der Waals surface area contributed by atoms with Gasteiger partial charge in [-0.2, -0.15) is 12.6 Å². The molecule has 0 spiro atoms. The van der Waals surface area contributed by atoms with Crippen molar-refractivity contribution < 1.29 is 4.39 Å². The predicted octanol–water partition coefficient (Wildman–Crippen LogP) is 3.78. The summed E-state index contributed by atoms with van der Waals surface area (Å²) in [5, 5.41) is 0. The van der Waals surface area contributed by atoms with Crippen molar-refractivity contribution in [2.45, 2.75) is 12.8 Å². The standard InChI is InChI=1S/C15H16FNS/c1-10-6-7-15(17)12(8-10)13(9-18)11-4-2-3-5-14(11)16/h2-8,13,18H,9,17H2,1H3. The Morgan fingerprint density at radius 1 is 1.17 bits per heavy atom. The van der Waals surface area contributed by atoms with Crippen LogP contribution >= 0.6 is 12.6 Å². The van der Waals surface area contributed by atoms with Gasteiger partial charge >= 0.3 is 0 Å². The fourth-order valence-electron chi connectivity index (χ4n) is 2.12. The number of anilines is 1. The summed E-state index contributed by atoms with van der Waals surface area (Å²) in [5.41, 5.74) is 9.38. The molecular formula is C15H16FNS. The van der Waals surface area contributed by atoms with E-state index >= 15 is 0 Å².